The van der Waals surface area contributed by atoms with Gasteiger partial charge in [0.15, 0.2) is 0 Å². The van der Waals surface area contributed by atoms with Crippen molar-refractivity contribution in [3.63, 3.8) is 0 Å². The Hall–Kier alpha value is -3.44. The van der Waals surface area contributed by atoms with Gasteiger partial charge in [0, 0.05) is 50.6 Å². The van der Waals surface area contributed by atoms with Crippen molar-refractivity contribution in [2.24, 2.45) is 5.92 Å². The number of piperazine rings is 1. The molecule has 2 N–H and O–H groups in total. The van der Waals surface area contributed by atoms with Crippen LogP contribution >= 0.6 is 0 Å². The van der Waals surface area contributed by atoms with E-state index in [0.717, 1.165) is 39.1 Å². The third-order valence-electron chi connectivity index (χ3n) is 7.24. The van der Waals surface area contributed by atoms with Gasteiger partial charge in [-0.25, -0.2) is 4.79 Å². The first-order valence-corrected chi connectivity index (χ1v) is 13.4. The zero-order valence-corrected chi connectivity index (χ0v) is 23.8. The van der Waals surface area contributed by atoms with Crippen molar-refractivity contribution in [2.75, 3.05) is 53.5 Å². The highest BCUT2D eigenvalue weighted by Gasteiger charge is 2.37. The van der Waals surface area contributed by atoms with E-state index in [4.69, 9.17) is 9.47 Å². The first-order valence-electron chi connectivity index (χ1n) is 13.4. The number of hydrogen-bond acceptors (Lipinski definition) is 9. The number of likely N-dealkylation sites (N-methyl/N-ethyl adjacent to an activating group) is 1. The maximum atomic E-state index is 13.7. The molecule has 0 unspecified atom stereocenters. The summed E-state index contributed by atoms with van der Waals surface area (Å²) in [5.41, 5.74) is 2.05. The highest BCUT2D eigenvalue weighted by molar-refractivity contribution is 5.99. The lowest BCUT2D eigenvalue weighted by molar-refractivity contribution is -0.384. The molecule has 3 rings (SSSR count). The summed E-state index contributed by atoms with van der Waals surface area (Å²) in [4.78, 5) is 42.4. The number of dihydropyridines is 1. The number of ether oxygens (including phenoxy) is 2. The summed E-state index contributed by atoms with van der Waals surface area (Å²) in [6.07, 6.45) is 0.721. The van der Waals surface area contributed by atoms with Gasteiger partial charge in [-0.05, 0) is 38.8 Å². The third-order valence-corrected chi connectivity index (χ3v) is 7.24. The number of hydrogen-bond donors (Lipinski definition) is 2. The summed E-state index contributed by atoms with van der Waals surface area (Å²) >= 11 is 0. The minimum absolute atomic E-state index is 0.0863. The minimum atomic E-state index is -0.856. The van der Waals surface area contributed by atoms with E-state index in [0.29, 0.717) is 28.3 Å². The number of benzene rings is 1. The van der Waals surface area contributed by atoms with Crippen LogP contribution in [0.3, 0.4) is 0 Å². The number of allylic oxidation sites excluding steroid dienone is 3. The van der Waals surface area contributed by atoms with E-state index in [9.17, 15) is 19.7 Å². The lowest BCUT2D eigenvalue weighted by Crippen LogP contribution is -2.47. The number of methoxy groups -OCH3 is 1. The molecule has 0 spiro atoms. The summed E-state index contributed by atoms with van der Waals surface area (Å²) in [7, 11) is 3.61. The fourth-order valence-corrected chi connectivity index (χ4v) is 5.02. The summed E-state index contributed by atoms with van der Waals surface area (Å²) in [5, 5.41) is 17.5. The fraction of sp³-hybridized carbons (Fsp3) is 0.571. The van der Waals surface area contributed by atoms with Gasteiger partial charge in [-0.15, -0.1) is 0 Å². The lowest BCUT2D eigenvalue weighted by Gasteiger charge is -2.32. The largest absolute Gasteiger partial charge is 0.498 e. The molecule has 2 aliphatic heterocycles. The molecule has 0 bridgehead atoms. The maximum absolute atomic E-state index is 13.7. The fourth-order valence-electron chi connectivity index (χ4n) is 5.02. The number of carbonyl (C=O) groups is 2. The number of non-ortho nitro benzene ring substituents is 1. The lowest BCUT2D eigenvalue weighted by atomic mass is 9.84. The van der Waals surface area contributed by atoms with E-state index in [1.165, 1.54) is 19.2 Å². The van der Waals surface area contributed by atoms with Gasteiger partial charge >= 0.3 is 5.97 Å². The Bertz CT molecular complexity index is 1120. The normalized spacial score (nSPS) is 19.5. The molecule has 214 valence electrons. The second kappa shape index (κ2) is 13.6. The van der Waals surface area contributed by atoms with E-state index in [1.807, 2.05) is 20.8 Å². The summed E-state index contributed by atoms with van der Waals surface area (Å²) < 4.78 is 11.2. The number of esters is 1. The first-order chi connectivity index (χ1) is 18.5. The zero-order valence-electron chi connectivity index (χ0n) is 23.8. The number of nitrogens with zero attached hydrogens (tertiary/aromatic N) is 3. The quantitative estimate of drug-likeness (QED) is 0.187. The van der Waals surface area contributed by atoms with Crippen molar-refractivity contribution >= 4 is 17.6 Å². The van der Waals surface area contributed by atoms with Gasteiger partial charge < -0.3 is 29.9 Å². The van der Waals surface area contributed by atoms with E-state index in [1.54, 1.807) is 19.1 Å². The maximum Gasteiger partial charge on any atom is 0.328 e. The standard InChI is InChI=1S/C28H41N5O6/c1-18(2)25(28(35)39-16-8-11-32-14-12-31(5)13-15-32)30-27(34)23-19(3)29-20(4)26(38-6)24(23)21-9-7-10-22(17-21)33(36)37/h7,9-10,17-18,24-25,29H,8,11-16H2,1-6H3,(H,30,34)/t24-,25+/m1/s1. The van der Waals surface area contributed by atoms with Gasteiger partial charge in [0.25, 0.3) is 11.6 Å². The third kappa shape index (κ3) is 7.57. The molecule has 0 radical (unpaired) electrons. The van der Waals surface area contributed by atoms with Gasteiger partial charge in [0.1, 0.15) is 11.8 Å². The predicted molar refractivity (Wildman–Crippen MR) is 148 cm³/mol. The number of nitro benzene ring substituents is 1. The Morgan fingerprint density at radius 2 is 1.87 bits per heavy atom. The molecule has 11 nitrogen and oxygen atoms in total. The highest BCUT2D eigenvalue weighted by atomic mass is 16.6. The number of carbonyl (C=O) groups excluding carboxylic acids is 2. The molecular formula is C28H41N5O6. The Labute approximate surface area is 230 Å². The molecule has 1 aromatic carbocycles. The topological polar surface area (TPSA) is 126 Å². The summed E-state index contributed by atoms with van der Waals surface area (Å²) in [6.45, 7) is 12.5. The van der Waals surface area contributed by atoms with Gasteiger partial charge in [0.2, 0.25) is 0 Å². The van der Waals surface area contributed by atoms with Crippen molar-refractivity contribution < 1.29 is 24.0 Å². The molecule has 2 heterocycles. The molecular weight excluding hydrogens is 502 g/mol. The number of rotatable bonds is 11. The van der Waals surface area contributed by atoms with Crippen molar-refractivity contribution in [3.8, 4) is 0 Å². The smallest absolute Gasteiger partial charge is 0.328 e. The van der Waals surface area contributed by atoms with Crippen LogP contribution in [-0.4, -0.2) is 86.1 Å². The summed E-state index contributed by atoms with van der Waals surface area (Å²) in [5.74, 6) is -1.38. The predicted octanol–water partition coefficient (Wildman–Crippen LogP) is 2.76. The molecule has 11 heteroatoms. The molecule has 2 atom stereocenters. The number of amides is 1. The van der Waals surface area contributed by atoms with Gasteiger partial charge in [-0.1, -0.05) is 26.0 Å². The van der Waals surface area contributed by atoms with Crippen LogP contribution in [0.4, 0.5) is 5.69 Å². The van der Waals surface area contributed by atoms with Crippen LogP contribution in [0.2, 0.25) is 0 Å². The van der Waals surface area contributed by atoms with Crippen molar-refractivity contribution in [3.05, 3.63) is 62.7 Å². The zero-order chi connectivity index (χ0) is 28.7. The Morgan fingerprint density at radius 3 is 2.49 bits per heavy atom. The van der Waals surface area contributed by atoms with Crippen LogP contribution in [0.15, 0.2) is 47.0 Å². The Balaban J connectivity index is 1.74. The van der Waals surface area contributed by atoms with Crippen molar-refractivity contribution in [1.29, 1.82) is 0 Å². The van der Waals surface area contributed by atoms with Crippen LogP contribution in [-0.2, 0) is 19.1 Å². The van der Waals surface area contributed by atoms with Crippen LogP contribution in [0.5, 0.6) is 0 Å². The second-order valence-corrected chi connectivity index (χ2v) is 10.5. The SMILES string of the molecule is COC1=C(C)NC(C)=C(C(=O)N[C@H](C(=O)OCCCN2CCN(C)CC2)C(C)C)[C@H]1c1cccc([N+](=O)[O-])c1. The van der Waals surface area contributed by atoms with Crippen LogP contribution < -0.4 is 10.6 Å². The van der Waals surface area contributed by atoms with Crippen molar-refractivity contribution in [2.45, 2.75) is 46.1 Å². The first kappa shape index (κ1) is 30.1. The molecule has 2 aliphatic rings. The Morgan fingerprint density at radius 1 is 1.18 bits per heavy atom. The molecule has 39 heavy (non-hydrogen) atoms. The van der Waals surface area contributed by atoms with Crippen molar-refractivity contribution in [1.82, 2.24) is 20.4 Å². The second-order valence-electron chi connectivity index (χ2n) is 10.5. The molecule has 1 aromatic rings. The van der Waals surface area contributed by atoms with E-state index in [2.05, 4.69) is 27.5 Å². The molecule has 1 saturated heterocycles. The van der Waals surface area contributed by atoms with E-state index >= 15 is 0 Å². The Kier molecular flexibility index (Phi) is 10.5. The monoisotopic (exact) mass is 543 g/mol. The number of nitrogens with one attached hydrogen (secondary N) is 2. The molecule has 1 amide bonds. The van der Waals surface area contributed by atoms with Gasteiger partial charge in [0.05, 0.1) is 35.8 Å². The molecule has 1 fully saturated rings. The van der Waals surface area contributed by atoms with Crippen LogP contribution in [0.1, 0.15) is 45.6 Å². The van der Waals surface area contributed by atoms with E-state index < -0.39 is 28.8 Å². The highest BCUT2D eigenvalue weighted by Crippen LogP contribution is 2.39. The molecule has 0 aromatic heterocycles. The van der Waals surface area contributed by atoms with Gasteiger partial charge in [-0.2, -0.15) is 0 Å². The average Bonchev–Trinajstić information content (AvgIpc) is 2.90. The minimum Gasteiger partial charge on any atom is -0.498 e. The average molecular weight is 544 g/mol. The van der Waals surface area contributed by atoms with Crippen LogP contribution in [0, 0.1) is 16.0 Å². The van der Waals surface area contributed by atoms with E-state index in [-0.39, 0.29) is 18.2 Å². The molecule has 0 saturated carbocycles. The number of nitro groups is 1. The van der Waals surface area contributed by atoms with Gasteiger partial charge in [-0.3, -0.25) is 14.9 Å². The summed E-state index contributed by atoms with van der Waals surface area (Å²) in [6, 6.07) is 5.30. The van der Waals surface area contributed by atoms with Crippen LogP contribution in [0.25, 0.3) is 0 Å². The molecule has 0 aliphatic carbocycles.